The molecule has 238 valence electrons. The van der Waals surface area contributed by atoms with Gasteiger partial charge in [0.1, 0.15) is 17.8 Å². The van der Waals surface area contributed by atoms with Crippen LogP contribution in [0.5, 0.6) is 5.75 Å². The minimum atomic E-state index is -1.74. The van der Waals surface area contributed by atoms with E-state index in [1.54, 1.807) is 48.5 Å². The summed E-state index contributed by atoms with van der Waals surface area (Å²) in [6, 6.07) is 11.9. The highest BCUT2D eigenvalue weighted by atomic mass is 16.5. The van der Waals surface area contributed by atoms with Crippen LogP contribution in [0.3, 0.4) is 0 Å². The number of nitrogen functional groups attached to an aromatic ring is 1. The Labute approximate surface area is 256 Å². The fourth-order valence-corrected chi connectivity index (χ4v) is 4.89. The number of aliphatic hydroxyl groups is 1. The van der Waals surface area contributed by atoms with Crippen molar-refractivity contribution in [2.45, 2.75) is 76.2 Å². The van der Waals surface area contributed by atoms with E-state index >= 15 is 0 Å². The zero-order chi connectivity index (χ0) is 32.4. The second-order valence-electron chi connectivity index (χ2n) is 11.8. The summed E-state index contributed by atoms with van der Waals surface area (Å²) in [6.45, 7) is 5.27. The van der Waals surface area contributed by atoms with Gasteiger partial charge in [-0.25, -0.2) is 0 Å². The summed E-state index contributed by atoms with van der Waals surface area (Å²) in [6.07, 6.45) is -1.23. The van der Waals surface area contributed by atoms with Crippen LogP contribution < -0.4 is 32.2 Å². The molecule has 8 N–H and O–H groups in total. The second-order valence-corrected chi connectivity index (χ2v) is 11.8. The van der Waals surface area contributed by atoms with Crippen LogP contribution in [0.15, 0.2) is 54.6 Å². The molecule has 0 spiro atoms. The Morgan fingerprint density at radius 1 is 1.05 bits per heavy atom. The lowest BCUT2D eigenvalue weighted by Crippen LogP contribution is -2.59. The van der Waals surface area contributed by atoms with Gasteiger partial charge < -0.3 is 42.2 Å². The fourth-order valence-electron chi connectivity index (χ4n) is 4.89. The van der Waals surface area contributed by atoms with Gasteiger partial charge in [-0.3, -0.25) is 24.0 Å². The molecule has 44 heavy (non-hydrogen) atoms. The molecular formula is C31H42N6O7. The molecule has 1 fully saturated rings. The number of carbonyl (C=O) groups is 5. The Morgan fingerprint density at radius 2 is 1.75 bits per heavy atom. The van der Waals surface area contributed by atoms with Crippen molar-refractivity contribution in [2.75, 3.05) is 18.9 Å². The lowest BCUT2D eigenvalue weighted by atomic mass is 9.99. The van der Waals surface area contributed by atoms with E-state index < -0.39 is 66.4 Å². The van der Waals surface area contributed by atoms with Crippen LogP contribution in [0.25, 0.3) is 0 Å². The maximum Gasteiger partial charge on any atom is 0.258 e. The smallest absolute Gasteiger partial charge is 0.258 e. The summed E-state index contributed by atoms with van der Waals surface area (Å²) in [5.41, 5.74) is 11.7. The molecule has 0 aromatic heterocycles. The van der Waals surface area contributed by atoms with Crippen molar-refractivity contribution in [3.05, 3.63) is 60.2 Å². The van der Waals surface area contributed by atoms with Crippen LogP contribution in [-0.2, 0) is 30.4 Å². The first kappa shape index (κ1) is 33.8. The van der Waals surface area contributed by atoms with Crippen LogP contribution >= 0.6 is 0 Å². The van der Waals surface area contributed by atoms with Gasteiger partial charge in [0, 0.05) is 23.8 Å². The predicted octanol–water partition coefficient (Wildman–Crippen LogP) is 0.00190. The quantitative estimate of drug-likeness (QED) is 0.170. The molecule has 0 aliphatic carbocycles. The molecule has 5 amide bonds. The maximum absolute atomic E-state index is 13.6. The van der Waals surface area contributed by atoms with Crippen molar-refractivity contribution in [1.82, 2.24) is 20.9 Å². The van der Waals surface area contributed by atoms with E-state index in [-0.39, 0.29) is 18.9 Å². The van der Waals surface area contributed by atoms with Gasteiger partial charge in [0.05, 0.1) is 12.5 Å². The normalized spacial score (nSPS) is 16.7. The summed E-state index contributed by atoms with van der Waals surface area (Å²) in [5, 5.41) is 19.2. The Kier molecular flexibility index (Phi) is 11.7. The standard InChI is InChI=1S/C31H42N6O7/c1-31(2,3)36-29(42)24-13-8-14-37(24)30(43)27(40)22(15-19-9-5-4-6-10-19)35-28(41)23(17-25(33)38)34-26(39)18-44-21-12-7-11-20(32)16-21/h4-7,9-12,16,22-24,27,40H,8,13-15,17-18,32H2,1-3H3,(H2,33,38)(H,34,39)(H,35,41)(H,36,42)/t22?,23-,24-,27?/m0/s1. The first-order valence-electron chi connectivity index (χ1n) is 14.4. The van der Waals surface area contributed by atoms with Crippen molar-refractivity contribution in [3.8, 4) is 5.75 Å². The number of primary amides is 1. The summed E-state index contributed by atoms with van der Waals surface area (Å²) >= 11 is 0. The molecule has 2 aromatic carbocycles. The Hall–Kier alpha value is -4.65. The van der Waals surface area contributed by atoms with Gasteiger partial charge in [0.2, 0.25) is 17.7 Å². The number of carbonyl (C=O) groups excluding carboxylic acids is 5. The van der Waals surface area contributed by atoms with E-state index in [1.807, 2.05) is 20.8 Å². The van der Waals surface area contributed by atoms with Crippen LogP contribution in [0, 0.1) is 0 Å². The highest BCUT2D eigenvalue weighted by Gasteiger charge is 2.40. The lowest BCUT2D eigenvalue weighted by molar-refractivity contribution is -0.147. The van der Waals surface area contributed by atoms with Crippen LogP contribution in [-0.4, -0.2) is 82.5 Å². The summed E-state index contributed by atoms with van der Waals surface area (Å²) in [5.74, 6) is -3.12. The molecule has 13 heteroatoms. The van der Waals surface area contributed by atoms with Gasteiger partial charge >= 0.3 is 0 Å². The predicted molar refractivity (Wildman–Crippen MR) is 163 cm³/mol. The highest BCUT2D eigenvalue weighted by molar-refractivity contribution is 5.93. The molecule has 2 aromatic rings. The first-order chi connectivity index (χ1) is 20.7. The average Bonchev–Trinajstić information content (AvgIpc) is 3.44. The third kappa shape index (κ3) is 10.3. The molecule has 0 saturated carbocycles. The van der Waals surface area contributed by atoms with Crippen molar-refractivity contribution >= 4 is 35.2 Å². The van der Waals surface area contributed by atoms with Gasteiger partial charge in [-0.05, 0) is 57.7 Å². The topological polar surface area (TPSA) is 206 Å². The van der Waals surface area contributed by atoms with Crippen LogP contribution in [0.4, 0.5) is 5.69 Å². The van der Waals surface area contributed by atoms with Crippen molar-refractivity contribution in [2.24, 2.45) is 5.73 Å². The van der Waals surface area contributed by atoms with E-state index in [0.29, 0.717) is 29.8 Å². The molecule has 1 heterocycles. The SMILES string of the molecule is CC(C)(C)NC(=O)[C@@H]1CCCN1C(=O)C(O)C(Cc1ccccc1)NC(=O)[C@H](CC(N)=O)NC(=O)COc1cccc(N)c1. The fraction of sp³-hybridized carbons (Fsp3) is 0.452. The lowest BCUT2D eigenvalue weighted by Gasteiger charge is -2.32. The number of amides is 5. The Morgan fingerprint density at radius 3 is 2.39 bits per heavy atom. The number of benzene rings is 2. The zero-order valence-electron chi connectivity index (χ0n) is 25.2. The third-order valence-corrected chi connectivity index (χ3v) is 6.88. The van der Waals surface area contributed by atoms with Crippen molar-refractivity contribution in [1.29, 1.82) is 0 Å². The van der Waals surface area contributed by atoms with Crippen LogP contribution in [0.1, 0.15) is 45.6 Å². The molecule has 4 atom stereocenters. The number of nitrogens with one attached hydrogen (secondary N) is 3. The van der Waals surface area contributed by atoms with Crippen LogP contribution in [0.2, 0.25) is 0 Å². The number of ether oxygens (including phenoxy) is 1. The molecule has 1 saturated heterocycles. The number of nitrogens with zero attached hydrogens (tertiary/aromatic N) is 1. The summed E-state index contributed by atoms with van der Waals surface area (Å²) < 4.78 is 5.42. The minimum absolute atomic E-state index is 0.0436. The molecule has 1 aliphatic heterocycles. The maximum atomic E-state index is 13.6. The van der Waals surface area contributed by atoms with Gasteiger partial charge in [-0.1, -0.05) is 36.4 Å². The van der Waals surface area contributed by atoms with Gasteiger partial charge in [-0.2, -0.15) is 0 Å². The minimum Gasteiger partial charge on any atom is -0.484 e. The number of aliphatic hydroxyl groups excluding tert-OH is 1. The molecule has 3 rings (SSSR count). The number of anilines is 1. The molecule has 1 aliphatic rings. The van der Waals surface area contributed by atoms with E-state index in [9.17, 15) is 29.1 Å². The number of nitrogens with two attached hydrogens (primary N) is 2. The first-order valence-corrected chi connectivity index (χ1v) is 14.4. The summed E-state index contributed by atoms with van der Waals surface area (Å²) in [7, 11) is 0. The van der Waals surface area contributed by atoms with Gasteiger partial charge in [0.15, 0.2) is 12.7 Å². The molecule has 2 unspecified atom stereocenters. The Balaban J connectivity index is 1.76. The third-order valence-electron chi connectivity index (χ3n) is 6.88. The van der Waals surface area contributed by atoms with Crippen molar-refractivity contribution in [3.63, 3.8) is 0 Å². The molecule has 13 nitrogen and oxygen atoms in total. The van der Waals surface area contributed by atoms with E-state index in [0.717, 1.165) is 0 Å². The molecule has 0 bridgehead atoms. The number of hydrogen-bond donors (Lipinski definition) is 6. The number of hydrogen-bond acceptors (Lipinski definition) is 8. The highest BCUT2D eigenvalue weighted by Crippen LogP contribution is 2.21. The zero-order valence-corrected chi connectivity index (χ0v) is 25.2. The summed E-state index contributed by atoms with van der Waals surface area (Å²) in [4.78, 5) is 65.7. The number of rotatable bonds is 13. The van der Waals surface area contributed by atoms with Gasteiger partial charge in [-0.15, -0.1) is 0 Å². The van der Waals surface area contributed by atoms with E-state index in [4.69, 9.17) is 16.2 Å². The van der Waals surface area contributed by atoms with Crippen molar-refractivity contribution < 1.29 is 33.8 Å². The van der Waals surface area contributed by atoms with E-state index in [1.165, 1.54) is 11.0 Å². The Bertz CT molecular complexity index is 1330. The van der Waals surface area contributed by atoms with Gasteiger partial charge in [0.25, 0.3) is 11.8 Å². The average molecular weight is 611 g/mol. The number of likely N-dealkylation sites (tertiary alicyclic amines) is 1. The van der Waals surface area contributed by atoms with E-state index in [2.05, 4.69) is 16.0 Å². The monoisotopic (exact) mass is 610 g/mol. The largest absolute Gasteiger partial charge is 0.484 e. The molecule has 0 radical (unpaired) electrons. The second kappa shape index (κ2) is 15.2. The molecular weight excluding hydrogens is 568 g/mol.